The zero-order valence-corrected chi connectivity index (χ0v) is 13.4. The Labute approximate surface area is 137 Å². The predicted octanol–water partition coefficient (Wildman–Crippen LogP) is 2.45. The average Bonchev–Trinajstić information content (AvgIpc) is 3.20. The Morgan fingerprint density at radius 3 is 2.87 bits per heavy atom. The van der Waals surface area contributed by atoms with Crippen molar-refractivity contribution in [1.82, 2.24) is 24.6 Å². The van der Waals surface area contributed by atoms with Gasteiger partial charge in [-0.1, -0.05) is 0 Å². The molecule has 3 rings (SSSR count). The molecule has 0 spiro atoms. The highest BCUT2D eigenvalue weighted by molar-refractivity contribution is 7.09. The van der Waals surface area contributed by atoms with Crippen LogP contribution in [0.2, 0.25) is 0 Å². The van der Waals surface area contributed by atoms with E-state index in [1.807, 2.05) is 23.7 Å². The van der Waals surface area contributed by atoms with Crippen molar-refractivity contribution in [1.29, 1.82) is 0 Å². The van der Waals surface area contributed by atoms with E-state index in [2.05, 4.69) is 20.4 Å². The summed E-state index contributed by atoms with van der Waals surface area (Å²) >= 11 is 1.52. The zero-order valence-electron chi connectivity index (χ0n) is 12.6. The number of carbonyl (C=O) groups excluding carboxylic acids is 1. The third kappa shape index (κ3) is 4.13. The van der Waals surface area contributed by atoms with Crippen molar-refractivity contribution in [3.05, 3.63) is 58.9 Å². The van der Waals surface area contributed by atoms with Gasteiger partial charge in [-0.25, -0.2) is 9.78 Å². The van der Waals surface area contributed by atoms with Crippen molar-refractivity contribution in [3.8, 4) is 0 Å². The lowest BCUT2D eigenvalue weighted by atomic mass is 10.3. The Morgan fingerprint density at radius 2 is 2.13 bits per heavy atom. The molecule has 0 aliphatic heterocycles. The van der Waals surface area contributed by atoms with E-state index in [0.29, 0.717) is 18.9 Å². The number of aromatic nitrogens is 4. The number of amides is 2. The third-order valence-electron chi connectivity index (χ3n) is 3.17. The molecular weight excluding hydrogens is 312 g/mol. The van der Waals surface area contributed by atoms with Gasteiger partial charge >= 0.3 is 6.03 Å². The molecular formula is C15H16N6OS. The maximum absolute atomic E-state index is 12.1. The third-order valence-corrected chi connectivity index (χ3v) is 3.94. The second kappa shape index (κ2) is 7.01. The summed E-state index contributed by atoms with van der Waals surface area (Å²) in [6.07, 6.45) is 7.05. The Morgan fingerprint density at radius 1 is 1.30 bits per heavy atom. The van der Waals surface area contributed by atoms with Gasteiger partial charge in [-0.05, 0) is 17.7 Å². The number of anilines is 1. The standard InChI is InChI=1S/C15H16N6OS/c1-20(11-14-17-7-9-23-14)15(22)18-13-4-8-21(19-13)10-12-2-5-16-6-3-12/h2-9H,10-11H2,1H3,(H,18,19,22). The first-order valence-electron chi connectivity index (χ1n) is 7.03. The van der Waals surface area contributed by atoms with Gasteiger partial charge in [-0.2, -0.15) is 5.10 Å². The molecule has 118 valence electrons. The van der Waals surface area contributed by atoms with Crippen molar-refractivity contribution in [2.24, 2.45) is 0 Å². The largest absolute Gasteiger partial charge is 0.323 e. The minimum atomic E-state index is -0.214. The summed E-state index contributed by atoms with van der Waals surface area (Å²) in [6.45, 7) is 1.11. The number of urea groups is 1. The number of nitrogens with zero attached hydrogens (tertiary/aromatic N) is 5. The van der Waals surface area contributed by atoms with Gasteiger partial charge in [-0.3, -0.25) is 15.0 Å². The first-order valence-corrected chi connectivity index (χ1v) is 7.91. The van der Waals surface area contributed by atoms with E-state index in [0.717, 1.165) is 10.6 Å². The van der Waals surface area contributed by atoms with E-state index < -0.39 is 0 Å². The molecule has 0 atom stereocenters. The number of thiazole rings is 1. The summed E-state index contributed by atoms with van der Waals surface area (Å²) in [6, 6.07) is 5.43. The van der Waals surface area contributed by atoms with Crippen LogP contribution in [-0.2, 0) is 13.1 Å². The van der Waals surface area contributed by atoms with E-state index in [4.69, 9.17) is 0 Å². The van der Waals surface area contributed by atoms with Gasteiger partial charge < -0.3 is 4.90 Å². The Kier molecular flexibility index (Phi) is 4.62. The molecule has 0 radical (unpaired) electrons. The van der Waals surface area contributed by atoms with E-state index in [-0.39, 0.29) is 6.03 Å². The molecule has 3 aromatic rings. The van der Waals surface area contributed by atoms with Crippen molar-refractivity contribution in [2.45, 2.75) is 13.1 Å². The van der Waals surface area contributed by atoms with Crippen LogP contribution in [0.25, 0.3) is 0 Å². The Hall–Kier alpha value is -2.74. The molecule has 3 aromatic heterocycles. The lowest BCUT2D eigenvalue weighted by Gasteiger charge is -2.15. The first kappa shape index (κ1) is 15.2. The van der Waals surface area contributed by atoms with E-state index in [9.17, 15) is 4.79 Å². The molecule has 1 N–H and O–H groups in total. The monoisotopic (exact) mass is 328 g/mol. The van der Waals surface area contributed by atoms with E-state index in [1.54, 1.807) is 41.3 Å². The van der Waals surface area contributed by atoms with Crippen LogP contribution in [0.4, 0.5) is 10.6 Å². The number of hydrogen-bond acceptors (Lipinski definition) is 5. The predicted molar refractivity (Wildman–Crippen MR) is 88.2 cm³/mol. The maximum atomic E-state index is 12.1. The second-order valence-corrected chi connectivity index (χ2v) is 5.95. The molecule has 0 aliphatic carbocycles. The van der Waals surface area contributed by atoms with Crippen molar-refractivity contribution < 1.29 is 4.79 Å². The summed E-state index contributed by atoms with van der Waals surface area (Å²) in [5.74, 6) is 0.523. The lowest BCUT2D eigenvalue weighted by Crippen LogP contribution is -2.31. The van der Waals surface area contributed by atoms with Crippen LogP contribution in [-0.4, -0.2) is 37.7 Å². The van der Waals surface area contributed by atoms with Gasteiger partial charge in [-0.15, -0.1) is 11.3 Å². The Bertz CT molecular complexity index is 755. The zero-order chi connectivity index (χ0) is 16.1. The highest BCUT2D eigenvalue weighted by Gasteiger charge is 2.12. The molecule has 0 saturated heterocycles. The number of carbonyl (C=O) groups is 1. The summed E-state index contributed by atoms with van der Waals surface area (Å²) in [5.41, 5.74) is 1.10. The normalized spacial score (nSPS) is 10.5. The van der Waals surface area contributed by atoms with Crippen LogP contribution >= 0.6 is 11.3 Å². The van der Waals surface area contributed by atoms with Crippen LogP contribution in [0, 0.1) is 0 Å². The summed E-state index contributed by atoms with van der Waals surface area (Å²) in [4.78, 5) is 21.9. The van der Waals surface area contributed by atoms with Crippen LogP contribution in [0.5, 0.6) is 0 Å². The summed E-state index contributed by atoms with van der Waals surface area (Å²) in [5, 5.41) is 9.91. The van der Waals surface area contributed by atoms with E-state index >= 15 is 0 Å². The fourth-order valence-electron chi connectivity index (χ4n) is 2.00. The molecule has 2 amide bonds. The minimum Gasteiger partial charge on any atom is -0.321 e. The van der Waals surface area contributed by atoms with Gasteiger partial charge in [0.25, 0.3) is 0 Å². The van der Waals surface area contributed by atoms with Crippen LogP contribution in [0.15, 0.2) is 48.4 Å². The molecule has 8 heteroatoms. The van der Waals surface area contributed by atoms with Crippen LogP contribution in [0.3, 0.4) is 0 Å². The van der Waals surface area contributed by atoms with Crippen molar-refractivity contribution in [2.75, 3.05) is 12.4 Å². The van der Waals surface area contributed by atoms with Gasteiger partial charge in [0, 0.05) is 43.3 Å². The summed E-state index contributed by atoms with van der Waals surface area (Å²) < 4.78 is 1.77. The molecule has 23 heavy (non-hydrogen) atoms. The maximum Gasteiger partial charge on any atom is 0.323 e. The van der Waals surface area contributed by atoms with Crippen LogP contribution in [0.1, 0.15) is 10.6 Å². The van der Waals surface area contributed by atoms with Gasteiger partial charge in [0.1, 0.15) is 5.01 Å². The summed E-state index contributed by atoms with van der Waals surface area (Å²) in [7, 11) is 1.73. The number of hydrogen-bond donors (Lipinski definition) is 1. The smallest absolute Gasteiger partial charge is 0.321 e. The molecule has 3 heterocycles. The topological polar surface area (TPSA) is 75.9 Å². The lowest BCUT2D eigenvalue weighted by molar-refractivity contribution is 0.220. The first-order chi connectivity index (χ1) is 11.2. The number of pyridine rings is 1. The quantitative estimate of drug-likeness (QED) is 0.780. The highest BCUT2D eigenvalue weighted by Crippen LogP contribution is 2.10. The second-order valence-electron chi connectivity index (χ2n) is 4.97. The van der Waals surface area contributed by atoms with Gasteiger partial charge in [0.05, 0.1) is 13.1 Å². The van der Waals surface area contributed by atoms with Crippen molar-refractivity contribution in [3.63, 3.8) is 0 Å². The number of rotatable bonds is 5. The van der Waals surface area contributed by atoms with E-state index in [1.165, 1.54) is 11.3 Å². The fraction of sp³-hybridized carbons (Fsp3) is 0.200. The SMILES string of the molecule is CN(Cc1nccs1)C(=O)Nc1ccn(Cc2ccncc2)n1. The molecule has 0 bridgehead atoms. The van der Waals surface area contributed by atoms with Gasteiger partial charge in [0.15, 0.2) is 5.82 Å². The molecule has 0 unspecified atom stereocenters. The van der Waals surface area contributed by atoms with Gasteiger partial charge in [0.2, 0.25) is 0 Å². The minimum absolute atomic E-state index is 0.214. The molecule has 0 aliphatic rings. The fourth-order valence-corrected chi connectivity index (χ4v) is 2.67. The highest BCUT2D eigenvalue weighted by atomic mass is 32.1. The molecule has 0 fully saturated rings. The number of nitrogens with one attached hydrogen (secondary N) is 1. The molecule has 0 aromatic carbocycles. The van der Waals surface area contributed by atoms with Crippen LogP contribution < -0.4 is 5.32 Å². The molecule has 7 nitrogen and oxygen atoms in total. The Balaban J connectivity index is 1.57. The molecule has 0 saturated carbocycles. The van der Waals surface area contributed by atoms with Crippen molar-refractivity contribution >= 4 is 23.2 Å². The average molecular weight is 328 g/mol.